The minimum atomic E-state index is -0.917. The van der Waals surface area contributed by atoms with Crippen LogP contribution in [0, 0.1) is 13.8 Å². The zero-order chi connectivity index (χ0) is 14.5. The van der Waals surface area contributed by atoms with Gasteiger partial charge in [0.15, 0.2) is 0 Å². The van der Waals surface area contributed by atoms with Gasteiger partial charge < -0.3 is 16.2 Å². The number of rotatable bonds is 7. The number of benzene rings is 1. The van der Waals surface area contributed by atoms with Crippen LogP contribution in [0.25, 0.3) is 0 Å². The predicted molar refractivity (Wildman–Crippen MR) is 77.0 cm³/mol. The van der Waals surface area contributed by atoms with Crippen molar-refractivity contribution in [2.75, 3.05) is 6.61 Å². The molecule has 0 saturated carbocycles. The Hall–Kier alpha value is -1.55. The molecular weight excluding hydrogens is 240 g/mol. The third kappa shape index (κ3) is 4.91. The SMILES string of the molecule is Cc1ccc(C)c(OCCCCC(C)(N)C(N)=O)c1. The molecule has 0 heterocycles. The van der Waals surface area contributed by atoms with Gasteiger partial charge in [-0.15, -0.1) is 0 Å². The molecule has 4 nitrogen and oxygen atoms in total. The molecule has 1 atom stereocenters. The second-order valence-corrected chi connectivity index (χ2v) is 5.36. The van der Waals surface area contributed by atoms with E-state index in [2.05, 4.69) is 12.1 Å². The normalized spacial score (nSPS) is 13.9. The van der Waals surface area contributed by atoms with Gasteiger partial charge >= 0.3 is 0 Å². The third-order valence-electron chi connectivity index (χ3n) is 3.25. The molecular formula is C15H24N2O2. The number of ether oxygens (including phenoxy) is 1. The van der Waals surface area contributed by atoms with Crippen LogP contribution in [0.5, 0.6) is 5.75 Å². The van der Waals surface area contributed by atoms with Crippen LogP contribution in [0.15, 0.2) is 18.2 Å². The number of unbranched alkanes of at least 4 members (excludes halogenated alkanes) is 1. The molecule has 1 rings (SSSR count). The van der Waals surface area contributed by atoms with Crippen molar-refractivity contribution < 1.29 is 9.53 Å². The van der Waals surface area contributed by atoms with Crippen LogP contribution in [-0.4, -0.2) is 18.1 Å². The lowest BCUT2D eigenvalue weighted by molar-refractivity contribution is -0.122. The van der Waals surface area contributed by atoms with Crippen molar-refractivity contribution in [3.05, 3.63) is 29.3 Å². The van der Waals surface area contributed by atoms with Gasteiger partial charge in [-0.05, 0) is 57.2 Å². The van der Waals surface area contributed by atoms with E-state index < -0.39 is 11.4 Å². The fourth-order valence-corrected chi connectivity index (χ4v) is 1.76. The van der Waals surface area contributed by atoms with Crippen LogP contribution in [0.1, 0.15) is 37.3 Å². The van der Waals surface area contributed by atoms with E-state index in [-0.39, 0.29) is 0 Å². The molecule has 1 aromatic rings. The van der Waals surface area contributed by atoms with Crippen LogP contribution in [-0.2, 0) is 4.79 Å². The molecule has 19 heavy (non-hydrogen) atoms. The number of carbonyl (C=O) groups excluding carboxylic acids is 1. The van der Waals surface area contributed by atoms with E-state index in [1.165, 1.54) is 5.56 Å². The average molecular weight is 264 g/mol. The molecule has 1 amide bonds. The first-order valence-corrected chi connectivity index (χ1v) is 6.62. The van der Waals surface area contributed by atoms with Crippen molar-refractivity contribution in [1.29, 1.82) is 0 Å². The summed E-state index contributed by atoms with van der Waals surface area (Å²) in [6.45, 7) is 6.36. The zero-order valence-electron chi connectivity index (χ0n) is 12.0. The molecule has 106 valence electrons. The largest absolute Gasteiger partial charge is 0.493 e. The summed E-state index contributed by atoms with van der Waals surface area (Å²) in [4.78, 5) is 11.1. The molecule has 0 aliphatic rings. The molecule has 4 N–H and O–H groups in total. The number of aryl methyl sites for hydroxylation is 2. The van der Waals surface area contributed by atoms with E-state index in [0.29, 0.717) is 13.0 Å². The predicted octanol–water partition coefficient (Wildman–Crippen LogP) is 2.06. The molecule has 0 saturated heterocycles. The van der Waals surface area contributed by atoms with Crippen LogP contribution < -0.4 is 16.2 Å². The highest BCUT2D eigenvalue weighted by atomic mass is 16.5. The number of hydrogen-bond donors (Lipinski definition) is 2. The second-order valence-electron chi connectivity index (χ2n) is 5.36. The monoisotopic (exact) mass is 264 g/mol. The lowest BCUT2D eigenvalue weighted by Gasteiger charge is -2.20. The van der Waals surface area contributed by atoms with E-state index in [4.69, 9.17) is 16.2 Å². The summed E-state index contributed by atoms with van der Waals surface area (Å²) in [7, 11) is 0. The summed E-state index contributed by atoms with van der Waals surface area (Å²) in [5, 5.41) is 0. The number of carbonyl (C=O) groups is 1. The number of hydrogen-bond acceptors (Lipinski definition) is 3. The Morgan fingerprint density at radius 1 is 1.32 bits per heavy atom. The maximum atomic E-state index is 11.1. The van der Waals surface area contributed by atoms with E-state index in [0.717, 1.165) is 24.2 Å². The van der Waals surface area contributed by atoms with Crippen molar-refractivity contribution in [3.63, 3.8) is 0 Å². The topological polar surface area (TPSA) is 78.3 Å². The smallest absolute Gasteiger partial charge is 0.237 e. The summed E-state index contributed by atoms with van der Waals surface area (Å²) in [5.74, 6) is 0.466. The van der Waals surface area contributed by atoms with Gasteiger partial charge in [-0.25, -0.2) is 0 Å². The number of amides is 1. The highest BCUT2D eigenvalue weighted by molar-refractivity contribution is 5.83. The van der Waals surface area contributed by atoms with Gasteiger partial charge in [-0.2, -0.15) is 0 Å². The Morgan fingerprint density at radius 2 is 2.00 bits per heavy atom. The molecule has 1 unspecified atom stereocenters. The van der Waals surface area contributed by atoms with Crippen molar-refractivity contribution in [2.45, 2.75) is 45.6 Å². The van der Waals surface area contributed by atoms with Gasteiger partial charge in [-0.3, -0.25) is 4.79 Å². The lowest BCUT2D eigenvalue weighted by Crippen LogP contribution is -2.49. The highest BCUT2D eigenvalue weighted by Gasteiger charge is 2.24. The van der Waals surface area contributed by atoms with Gasteiger partial charge in [0.05, 0.1) is 12.1 Å². The minimum absolute atomic E-state index is 0.456. The standard InChI is InChI=1S/C15H24N2O2/c1-11-6-7-12(2)13(10-11)19-9-5-4-8-15(3,17)14(16)18/h6-7,10H,4-5,8-9,17H2,1-3H3,(H2,16,18). The van der Waals surface area contributed by atoms with Crippen LogP contribution >= 0.6 is 0 Å². The van der Waals surface area contributed by atoms with E-state index >= 15 is 0 Å². The zero-order valence-corrected chi connectivity index (χ0v) is 12.0. The molecule has 0 aliphatic carbocycles. The minimum Gasteiger partial charge on any atom is -0.493 e. The van der Waals surface area contributed by atoms with Gasteiger partial charge in [0.25, 0.3) is 0 Å². The third-order valence-corrected chi connectivity index (χ3v) is 3.25. The molecule has 0 aromatic heterocycles. The summed E-state index contributed by atoms with van der Waals surface area (Å²) in [6.07, 6.45) is 2.26. The Balaban J connectivity index is 2.32. The molecule has 0 bridgehead atoms. The van der Waals surface area contributed by atoms with Crippen molar-refractivity contribution in [3.8, 4) is 5.75 Å². The Labute approximate surface area is 115 Å². The summed E-state index contributed by atoms with van der Waals surface area (Å²) in [6, 6.07) is 6.15. The Bertz CT molecular complexity index is 442. The van der Waals surface area contributed by atoms with Crippen LogP contribution in [0.3, 0.4) is 0 Å². The number of primary amides is 1. The molecule has 0 spiro atoms. The van der Waals surface area contributed by atoms with Gasteiger partial charge in [0, 0.05) is 0 Å². The first-order chi connectivity index (χ1) is 8.83. The fourth-order valence-electron chi connectivity index (χ4n) is 1.76. The highest BCUT2D eigenvalue weighted by Crippen LogP contribution is 2.19. The molecule has 0 aliphatic heterocycles. The lowest BCUT2D eigenvalue weighted by atomic mass is 9.96. The fraction of sp³-hybridized carbons (Fsp3) is 0.533. The van der Waals surface area contributed by atoms with Crippen molar-refractivity contribution >= 4 is 5.91 Å². The summed E-state index contributed by atoms with van der Waals surface area (Å²) < 4.78 is 5.74. The first-order valence-electron chi connectivity index (χ1n) is 6.62. The summed E-state index contributed by atoms with van der Waals surface area (Å²) >= 11 is 0. The van der Waals surface area contributed by atoms with Gasteiger partial charge in [0.1, 0.15) is 5.75 Å². The van der Waals surface area contributed by atoms with Crippen LogP contribution in [0.2, 0.25) is 0 Å². The molecule has 4 heteroatoms. The van der Waals surface area contributed by atoms with Gasteiger partial charge in [0.2, 0.25) is 5.91 Å². The number of nitrogens with two attached hydrogens (primary N) is 2. The van der Waals surface area contributed by atoms with E-state index in [1.54, 1.807) is 6.92 Å². The quantitative estimate of drug-likeness (QED) is 0.740. The van der Waals surface area contributed by atoms with Crippen molar-refractivity contribution in [2.24, 2.45) is 11.5 Å². The maximum Gasteiger partial charge on any atom is 0.237 e. The first kappa shape index (κ1) is 15.5. The Morgan fingerprint density at radius 3 is 2.63 bits per heavy atom. The summed E-state index contributed by atoms with van der Waals surface area (Å²) in [5.41, 5.74) is 12.4. The van der Waals surface area contributed by atoms with Crippen LogP contribution in [0.4, 0.5) is 0 Å². The maximum absolute atomic E-state index is 11.1. The van der Waals surface area contributed by atoms with E-state index in [9.17, 15) is 4.79 Å². The Kier molecular flexibility index (Phi) is 5.36. The average Bonchev–Trinajstić information content (AvgIpc) is 2.32. The molecule has 0 radical (unpaired) electrons. The molecule has 0 fully saturated rings. The van der Waals surface area contributed by atoms with E-state index in [1.807, 2.05) is 19.9 Å². The van der Waals surface area contributed by atoms with Crippen molar-refractivity contribution in [1.82, 2.24) is 0 Å². The molecule has 1 aromatic carbocycles. The second kappa shape index (κ2) is 6.57. The van der Waals surface area contributed by atoms with Gasteiger partial charge in [-0.1, -0.05) is 12.1 Å².